The second-order valence-electron chi connectivity index (χ2n) is 7.01. The first kappa shape index (κ1) is 21.1. The molecule has 0 aliphatic heterocycles. The molecule has 1 N–H and O–H groups in total. The van der Waals surface area contributed by atoms with Gasteiger partial charge in [0.2, 0.25) is 0 Å². The molecule has 0 heterocycles. The predicted molar refractivity (Wildman–Crippen MR) is 108 cm³/mol. The predicted octanol–water partition coefficient (Wildman–Crippen LogP) is 4.90. The fourth-order valence-corrected chi connectivity index (χ4v) is 2.82. The van der Waals surface area contributed by atoms with E-state index < -0.39 is 17.4 Å². The molecule has 7 heteroatoms. The quantitative estimate of drug-likeness (QED) is 0.734. The maximum absolute atomic E-state index is 13.0. The van der Waals surface area contributed by atoms with Crippen LogP contribution in [0, 0.1) is 6.92 Å². The number of benzene rings is 2. The lowest BCUT2D eigenvalue weighted by Crippen LogP contribution is -2.56. The second-order valence-corrected chi connectivity index (χ2v) is 7.83. The van der Waals surface area contributed by atoms with E-state index in [4.69, 9.17) is 27.9 Å². The van der Waals surface area contributed by atoms with E-state index in [0.717, 1.165) is 0 Å². The van der Waals surface area contributed by atoms with Crippen LogP contribution in [0.15, 0.2) is 36.4 Å². The largest absolute Gasteiger partial charge is 0.496 e. The van der Waals surface area contributed by atoms with E-state index >= 15 is 0 Å². The molecule has 0 unspecified atom stereocenters. The van der Waals surface area contributed by atoms with Gasteiger partial charge in [-0.05, 0) is 58.0 Å². The van der Waals surface area contributed by atoms with E-state index in [2.05, 4.69) is 5.43 Å². The van der Waals surface area contributed by atoms with Crippen LogP contribution in [-0.2, 0) is 0 Å². The van der Waals surface area contributed by atoms with Gasteiger partial charge >= 0.3 is 0 Å². The molecule has 0 saturated heterocycles. The topological polar surface area (TPSA) is 58.6 Å². The Kier molecular flexibility index (Phi) is 6.39. The van der Waals surface area contributed by atoms with E-state index in [1.165, 1.54) is 11.1 Å². The van der Waals surface area contributed by atoms with E-state index in [0.29, 0.717) is 27.5 Å². The van der Waals surface area contributed by atoms with Gasteiger partial charge in [-0.1, -0.05) is 29.3 Å². The molecule has 0 aliphatic rings. The monoisotopic (exact) mass is 408 g/mol. The van der Waals surface area contributed by atoms with Gasteiger partial charge < -0.3 is 4.74 Å². The Balaban J connectivity index is 2.36. The highest BCUT2D eigenvalue weighted by molar-refractivity contribution is 6.42. The van der Waals surface area contributed by atoms with Crippen LogP contribution in [0.2, 0.25) is 10.0 Å². The van der Waals surface area contributed by atoms with Crippen LogP contribution >= 0.6 is 23.2 Å². The number of amides is 2. The van der Waals surface area contributed by atoms with Crippen LogP contribution in [-0.4, -0.2) is 29.5 Å². The van der Waals surface area contributed by atoms with Gasteiger partial charge in [-0.3, -0.25) is 15.0 Å². The third-order valence-electron chi connectivity index (χ3n) is 4.00. The van der Waals surface area contributed by atoms with Gasteiger partial charge in [0.1, 0.15) is 5.75 Å². The molecule has 0 aliphatic carbocycles. The van der Waals surface area contributed by atoms with Gasteiger partial charge in [0.05, 0.1) is 22.7 Å². The maximum Gasteiger partial charge on any atom is 0.272 e. The lowest BCUT2D eigenvalue weighted by Gasteiger charge is -2.35. The average molecular weight is 409 g/mol. The molecule has 0 radical (unpaired) electrons. The smallest absolute Gasteiger partial charge is 0.272 e. The summed E-state index contributed by atoms with van der Waals surface area (Å²) in [5, 5.41) is 1.91. The summed E-state index contributed by atoms with van der Waals surface area (Å²) < 4.78 is 5.26. The van der Waals surface area contributed by atoms with Crippen molar-refractivity contribution in [1.82, 2.24) is 10.4 Å². The second kappa shape index (κ2) is 8.19. The molecular weight excluding hydrogens is 387 g/mol. The highest BCUT2D eigenvalue weighted by Gasteiger charge is 2.30. The molecule has 0 fully saturated rings. The van der Waals surface area contributed by atoms with E-state index in [-0.39, 0.29) is 5.02 Å². The fourth-order valence-electron chi connectivity index (χ4n) is 2.52. The zero-order chi connectivity index (χ0) is 20.4. The number of halogens is 2. The molecule has 144 valence electrons. The van der Waals surface area contributed by atoms with Crippen LogP contribution in [0.1, 0.15) is 47.1 Å². The minimum Gasteiger partial charge on any atom is -0.496 e. The summed E-state index contributed by atoms with van der Waals surface area (Å²) in [5.74, 6) is -0.203. The summed E-state index contributed by atoms with van der Waals surface area (Å²) in [6.07, 6.45) is 0. The number of methoxy groups -OCH3 is 1. The summed E-state index contributed by atoms with van der Waals surface area (Å²) in [6.45, 7) is 7.25. The molecule has 2 aromatic rings. The molecule has 2 rings (SSSR count). The number of nitrogens with zero attached hydrogens (tertiary/aromatic N) is 1. The van der Waals surface area contributed by atoms with Gasteiger partial charge in [-0.2, -0.15) is 0 Å². The number of ether oxygens (including phenoxy) is 1. The summed E-state index contributed by atoms with van der Waals surface area (Å²) in [6, 6.07) is 9.77. The standard InChI is InChI=1S/C20H22Cl2N2O3/c1-12-14(7-6-8-17(12)27-5)18(25)23-24(20(2,3)4)19(26)13-9-10-15(21)16(22)11-13/h6-11H,1-5H3,(H,23,25). The zero-order valence-electron chi connectivity index (χ0n) is 15.9. The van der Waals surface area contributed by atoms with Crippen LogP contribution in [0.25, 0.3) is 0 Å². The van der Waals surface area contributed by atoms with Gasteiger partial charge in [0.15, 0.2) is 0 Å². The third kappa shape index (κ3) is 4.73. The number of carbonyl (C=O) groups excluding carboxylic acids is 2. The van der Waals surface area contributed by atoms with Crippen molar-refractivity contribution in [3.63, 3.8) is 0 Å². The molecule has 2 aromatic carbocycles. The summed E-state index contributed by atoms with van der Waals surface area (Å²) in [5.41, 5.74) is 3.47. The number of hydrazine groups is 1. The molecule has 0 aromatic heterocycles. The van der Waals surface area contributed by atoms with Gasteiger partial charge in [0.25, 0.3) is 11.8 Å². The highest BCUT2D eigenvalue weighted by Crippen LogP contribution is 2.25. The number of hydrogen-bond acceptors (Lipinski definition) is 3. The average Bonchev–Trinajstić information content (AvgIpc) is 2.60. The lowest BCUT2D eigenvalue weighted by atomic mass is 10.1. The van der Waals surface area contributed by atoms with Crippen molar-refractivity contribution in [3.05, 3.63) is 63.1 Å². The Morgan fingerprint density at radius 1 is 1.07 bits per heavy atom. The van der Waals surface area contributed by atoms with Crippen molar-refractivity contribution < 1.29 is 14.3 Å². The van der Waals surface area contributed by atoms with E-state index in [1.807, 2.05) is 20.8 Å². The van der Waals surface area contributed by atoms with Crippen LogP contribution < -0.4 is 10.2 Å². The minimum atomic E-state index is -0.675. The molecule has 0 atom stereocenters. The van der Waals surface area contributed by atoms with Crippen molar-refractivity contribution in [2.24, 2.45) is 0 Å². The Morgan fingerprint density at radius 2 is 1.74 bits per heavy atom. The minimum absolute atomic E-state index is 0.270. The van der Waals surface area contributed by atoms with Crippen molar-refractivity contribution in [1.29, 1.82) is 0 Å². The van der Waals surface area contributed by atoms with Crippen molar-refractivity contribution in [2.75, 3.05) is 7.11 Å². The zero-order valence-corrected chi connectivity index (χ0v) is 17.4. The fraction of sp³-hybridized carbons (Fsp3) is 0.300. The first-order valence-electron chi connectivity index (χ1n) is 8.30. The molecular formula is C20H22Cl2N2O3. The number of hydrogen-bond donors (Lipinski definition) is 1. The summed E-state index contributed by atoms with van der Waals surface area (Å²) in [7, 11) is 1.54. The van der Waals surface area contributed by atoms with Crippen molar-refractivity contribution in [2.45, 2.75) is 33.2 Å². The van der Waals surface area contributed by atoms with Crippen molar-refractivity contribution in [3.8, 4) is 5.75 Å². The van der Waals surface area contributed by atoms with Crippen LogP contribution in [0.5, 0.6) is 5.75 Å². The third-order valence-corrected chi connectivity index (χ3v) is 4.74. The highest BCUT2D eigenvalue weighted by atomic mass is 35.5. The van der Waals surface area contributed by atoms with E-state index in [1.54, 1.807) is 44.4 Å². The Bertz CT molecular complexity index is 876. The number of rotatable bonds is 3. The van der Waals surface area contributed by atoms with Crippen LogP contribution in [0.4, 0.5) is 0 Å². The lowest BCUT2D eigenvalue weighted by molar-refractivity contribution is 0.0358. The molecule has 27 heavy (non-hydrogen) atoms. The van der Waals surface area contributed by atoms with Gasteiger partial charge in [0, 0.05) is 16.7 Å². The first-order valence-corrected chi connectivity index (χ1v) is 9.06. The number of nitrogens with one attached hydrogen (secondary N) is 1. The Labute approximate surface area is 169 Å². The SMILES string of the molecule is COc1cccc(C(=O)NN(C(=O)c2ccc(Cl)c(Cl)c2)C(C)(C)C)c1C. The summed E-state index contributed by atoms with van der Waals surface area (Å²) >= 11 is 12.0. The molecule has 0 bridgehead atoms. The summed E-state index contributed by atoms with van der Waals surface area (Å²) in [4.78, 5) is 25.9. The normalized spacial score (nSPS) is 11.1. The van der Waals surface area contributed by atoms with E-state index in [9.17, 15) is 9.59 Å². The molecule has 2 amide bonds. The van der Waals surface area contributed by atoms with Crippen molar-refractivity contribution >= 4 is 35.0 Å². The number of carbonyl (C=O) groups is 2. The first-order chi connectivity index (χ1) is 12.6. The Morgan fingerprint density at radius 3 is 2.30 bits per heavy atom. The molecule has 0 spiro atoms. The maximum atomic E-state index is 13.0. The Hall–Kier alpha value is -2.24. The van der Waals surface area contributed by atoms with Gasteiger partial charge in [-0.15, -0.1) is 0 Å². The molecule has 0 saturated carbocycles. The van der Waals surface area contributed by atoms with Crippen LogP contribution in [0.3, 0.4) is 0 Å². The van der Waals surface area contributed by atoms with Gasteiger partial charge in [-0.25, -0.2) is 5.01 Å². The molecule has 5 nitrogen and oxygen atoms in total.